The molecule has 0 unspecified atom stereocenters. The van der Waals surface area contributed by atoms with Crippen LogP contribution in [0.5, 0.6) is 0 Å². The number of aliphatic hydroxyl groups is 1. The Kier molecular flexibility index (Phi) is 3.17. The Hall–Kier alpha value is -1.75. The average Bonchev–Trinajstić information content (AvgIpc) is 2.71. The molecule has 1 N–H and O–H groups in total. The van der Waals surface area contributed by atoms with Gasteiger partial charge in [-0.25, -0.2) is 9.07 Å². The highest BCUT2D eigenvalue weighted by Gasteiger charge is 2.20. The number of nitrogens with zero attached hydrogens (tertiary/aromatic N) is 3. The van der Waals surface area contributed by atoms with E-state index >= 15 is 0 Å². The number of aryl methyl sites for hydroxylation is 1. The Balaban J connectivity index is 2.24. The molecule has 1 aromatic carbocycles. The first-order chi connectivity index (χ1) is 8.36. The molecule has 0 aliphatic carbocycles. The van der Waals surface area contributed by atoms with Gasteiger partial charge < -0.3 is 5.11 Å². The maximum atomic E-state index is 13.2. The van der Waals surface area contributed by atoms with Crippen molar-refractivity contribution in [2.45, 2.75) is 32.9 Å². The molecule has 0 atom stereocenters. The van der Waals surface area contributed by atoms with Crippen LogP contribution in [0.4, 0.5) is 4.39 Å². The van der Waals surface area contributed by atoms with E-state index in [0.717, 1.165) is 11.1 Å². The van der Waals surface area contributed by atoms with Gasteiger partial charge in [0.05, 0.1) is 12.7 Å². The molecule has 0 spiro atoms. The van der Waals surface area contributed by atoms with Gasteiger partial charge in [-0.2, -0.15) is 0 Å². The standard InChI is InChI=1S/C13H16FN3O/c1-9-4-5-11(14)6-10(9)7-17-8-12(15-16-17)13(2,3)18/h4-6,8,18H,7H2,1-3H3. The van der Waals surface area contributed by atoms with Crippen LogP contribution in [0.25, 0.3) is 0 Å². The summed E-state index contributed by atoms with van der Waals surface area (Å²) in [4.78, 5) is 0. The minimum absolute atomic E-state index is 0.265. The minimum atomic E-state index is -1.02. The molecule has 0 amide bonds. The molecule has 18 heavy (non-hydrogen) atoms. The van der Waals surface area contributed by atoms with Crippen LogP contribution >= 0.6 is 0 Å². The van der Waals surface area contributed by atoms with E-state index in [1.54, 1.807) is 30.8 Å². The maximum Gasteiger partial charge on any atom is 0.123 e. The Labute approximate surface area is 105 Å². The number of hydrogen-bond acceptors (Lipinski definition) is 3. The molecule has 0 fully saturated rings. The molecule has 0 radical (unpaired) electrons. The Bertz CT molecular complexity index is 558. The van der Waals surface area contributed by atoms with E-state index in [0.29, 0.717) is 12.2 Å². The van der Waals surface area contributed by atoms with Crippen LogP contribution in [-0.4, -0.2) is 20.1 Å². The molecule has 0 bridgehead atoms. The summed E-state index contributed by atoms with van der Waals surface area (Å²) in [5.74, 6) is -0.265. The zero-order chi connectivity index (χ0) is 13.3. The van der Waals surface area contributed by atoms with Gasteiger partial charge in [0.25, 0.3) is 0 Å². The van der Waals surface area contributed by atoms with E-state index in [-0.39, 0.29) is 5.82 Å². The van der Waals surface area contributed by atoms with Crippen molar-refractivity contribution in [2.24, 2.45) is 0 Å². The number of benzene rings is 1. The summed E-state index contributed by atoms with van der Waals surface area (Å²) in [6, 6.07) is 4.65. The summed E-state index contributed by atoms with van der Waals surface area (Å²) in [6.45, 7) is 5.65. The molecule has 2 aromatic rings. The molecule has 1 heterocycles. The van der Waals surface area contributed by atoms with Gasteiger partial charge in [0.2, 0.25) is 0 Å². The van der Waals surface area contributed by atoms with E-state index in [9.17, 15) is 9.50 Å². The van der Waals surface area contributed by atoms with Crippen molar-refractivity contribution < 1.29 is 9.50 Å². The van der Waals surface area contributed by atoms with Gasteiger partial charge in [-0.3, -0.25) is 0 Å². The summed E-state index contributed by atoms with van der Waals surface area (Å²) in [7, 11) is 0. The Morgan fingerprint density at radius 1 is 1.39 bits per heavy atom. The molecule has 5 heteroatoms. The summed E-state index contributed by atoms with van der Waals surface area (Å²) in [6.07, 6.45) is 1.67. The number of rotatable bonds is 3. The lowest BCUT2D eigenvalue weighted by Crippen LogP contribution is -2.15. The van der Waals surface area contributed by atoms with Gasteiger partial charge in [0.1, 0.15) is 17.1 Å². The van der Waals surface area contributed by atoms with Gasteiger partial charge in [0.15, 0.2) is 0 Å². The first kappa shape index (κ1) is 12.7. The molecule has 0 saturated carbocycles. The molecule has 0 saturated heterocycles. The van der Waals surface area contributed by atoms with Crippen LogP contribution in [0.2, 0.25) is 0 Å². The second-order valence-corrected chi connectivity index (χ2v) is 4.93. The molecular weight excluding hydrogens is 233 g/mol. The van der Waals surface area contributed by atoms with Crippen LogP contribution in [-0.2, 0) is 12.1 Å². The summed E-state index contributed by atoms with van der Waals surface area (Å²) >= 11 is 0. The fourth-order valence-corrected chi connectivity index (χ4v) is 1.64. The van der Waals surface area contributed by atoms with Crippen molar-refractivity contribution in [2.75, 3.05) is 0 Å². The highest BCUT2D eigenvalue weighted by atomic mass is 19.1. The van der Waals surface area contributed by atoms with Crippen LogP contribution in [0, 0.1) is 12.7 Å². The van der Waals surface area contributed by atoms with Crippen molar-refractivity contribution in [3.05, 3.63) is 47.0 Å². The highest BCUT2D eigenvalue weighted by Crippen LogP contribution is 2.17. The van der Waals surface area contributed by atoms with Crippen molar-refractivity contribution in [1.29, 1.82) is 0 Å². The number of halogens is 1. The normalized spacial score (nSPS) is 11.8. The lowest BCUT2D eigenvalue weighted by molar-refractivity contribution is 0.0737. The van der Waals surface area contributed by atoms with Crippen molar-refractivity contribution in [3.8, 4) is 0 Å². The van der Waals surface area contributed by atoms with Crippen molar-refractivity contribution in [1.82, 2.24) is 15.0 Å². The topological polar surface area (TPSA) is 50.9 Å². The predicted octanol–water partition coefficient (Wildman–Crippen LogP) is 2.00. The van der Waals surface area contributed by atoms with Crippen LogP contribution in [0.3, 0.4) is 0 Å². The third kappa shape index (κ3) is 2.73. The van der Waals surface area contributed by atoms with E-state index in [4.69, 9.17) is 0 Å². The van der Waals surface area contributed by atoms with E-state index < -0.39 is 5.60 Å². The van der Waals surface area contributed by atoms with Gasteiger partial charge in [-0.1, -0.05) is 11.3 Å². The molecule has 4 nitrogen and oxygen atoms in total. The van der Waals surface area contributed by atoms with Crippen LogP contribution in [0.15, 0.2) is 24.4 Å². The maximum absolute atomic E-state index is 13.2. The Morgan fingerprint density at radius 2 is 2.11 bits per heavy atom. The SMILES string of the molecule is Cc1ccc(F)cc1Cn1cc(C(C)(C)O)nn1. The first-order valence-electron chi connectivity index (χ1n) is 5.74. The van der Waals surface area contributed by atoms with E-state index in [1.807, 2.05) is 6.92 Å². The zero-order valence-electron chi connectivity index (χ0n) is 10.7. The van der Waals surface area contributed by atoms with Gasteiger partial charge in [-0.15, -0.1) is 5.10 Å². The monoisotopic (exact) mass is 249 g/mol. The summed E-state index contributed by atoms with van der Waals surface area (Å²) < 4.78 is 14.8. The molecule has 2 rings (SSSR count). The summed E-state index contributed by atoms with van der Waals surface area (Å²) in [5.41, 5.74) is 1.32. The Morgan fingerprint density at radius 3 is 2.72 bits per heavy atom. The quantitative estimate of drug-likeness (QED) is 0.905. The van der Waals surface area contributed by atoms with Crippen LogP contribution in [0.1, 0.15) is 30.7 Å². The minimum Gasteiger partial charge on any atom is -0.384 e. The van der Waals surface area contributed by atoms with Gasteiger partial charge >= 0.3 is 0 Å². The molecule has 96 valence electrons. The molecule has 0 aliphatic heterocycles. The molecule has 0 aliphatic rings. The number of hydrogen-bond donors (Lipinski definition) is 1. The average molecular weight is 249 g/mol. The van der Waals surface area contributed by atoms with Gasteiger partial charge in [-0.05, 0) is 44.0 Å². The lowest BCUT2D eigenvalue weighted by Gasteiger charge is -2.12. The van der Waals surface area contributed by atoms with Gasteiger partial charge in [0, 0.05) is 0 Å². The zero-order valence-corrected chi connectivity index (χ0v) is 10.7. The van der Waals surface area contributed by atoms with E-state index in [2.05, 4.69) is 10.3 Å². The first-order valence-corrected chi connectivity index (χ1v) is 5.74. The predicted molar refractivity (Wildman–Crippen MR) is 65.5 cm³/mol. The number of aromatic nitrogens is 3. The van der Waals surface area contributed by atoms with Crippen molar-refractivity contribution in [3.63, 3.8) is 0 Å². The fraction of sp³-hybridized carbons (Fsp3) is 0.385. The van der Waals surface area contributed by atoms with E-state index in [1.165, 1.54) is 12.1 Å². The molecule has 1 aromatic heterocycles. The lowest BCUT2D eigenvalue weighted by atomic mass is 10.1. The third-order valence-electron chi connectivity index (χ3n) is 2.81. The van der Waals surface area contributed by atoms with Crippen molar-refractivity contribution >= 4 is 0 Å². The molecular formula is C13H16FN3O. The highest BCUT2D eigenvalue weighted by molar-refractivity contribution is 5.26. The fourth-order valence-electron chi connectivity index (χ4n) is 1.64. The largest absolute Gasteiger partial charge is 0.384 e. The van der Waals surface area contributed by atoms with Crippen LogP contribution < -0.4 is 0 Å². The second-order valence-electron chi connectivity index (χ2n) is 4.93. The second kappa shape index (κ2) is 4.49. The summed E-state index contributed by atoms with van der Waals surface area (Å²) in [5, 5.41) is 17.6. The smallest absolute Gasteiger partial charge is 0.123 e. The third-order valence-corrected chi connectivity index (χ3v) is 2.81.